The number of fused-ring (bicyclic) bond motifs is 1. The number of carboxylic acids is 1. The Kier molecular flexibility index (Phi) is 4.16. The number of benzene rings is 1. The summed E-state index contributed by atoms with van der Waals surface area (Å²) in [7, 11) is 0. The number of hydrogen-bond acceptors (Lipinski definition) is 6. The van der Waals surface area contributed by atoms with E-state index >= 15 is 0 Å². The number of nitrogens with two attached hydrogens (primary N) is 1. The molecule has 0 aromatic heterocycles. The van der Waals surface area contributed by atoms with Crippen LogP contribution in [0.3, 0.4) is 0 Å². The topological polar surface area (TPSA) is 133 Å². The number of phenols is 1. The summed E-state index contributed by atoms with van der Waals surface area (Å²) in [6.07, 6.45) is 0. The fraction of sp³-hybridized carbons (Fsp3) is 0.438. The highest BCUT2D eigenvalue weighted by molar-refractivity contribution is 8.01. The minimum Gasteiger partial charge on any atom is -0.508 e. The van der Waals surface area contributed by atoms with E-state index in [0.29, 0.717) is 5.56 Å². The number of aromatic hydroxyl groups is 1. The molecule has 5 N–H and O–H groups in total. The number of hydrogen-bond donors (Lipinski definition) is 4. The molecule has 0 unspecified atom stereocenters. The van der Waals surface area contributed by atoms with Crippen LogP contribution in [0.25, 0.3) is 0 Å². The van der Waals surface area contributed by atoms with Crippen LogP contribution in [0, 0.1) is 0 Å². The maximum Gasteiger partial charge on any atom is 0.327 e. The average molecular weight is 365 g/mol. The maximum absolute atomic E-state index is 12.3. The Hall–Kier alpha value is -2.26. The summed E-state index contributed by atoms with van der Waals surface area (Å²) in [6.45, 7) is 3.53. The lowest BCUT2D eigenvalue weighted by Crippen LogP contribution is -2.71. The zero-order chi connectivity index (χ0) is 18.5. The molecule has 2 fully saturated rings. The van der Waals surface area contributed by atoms with Gasteiger partial charge in [-0.2, -0.15) is 0 Å². The number of thioether (sulfide) groups is 1. The van der Waals surface area contributed by atoms with Gasteiger partial charge in [0.2, 0.25) is 11.8 Å². The molecular weight excluding hydrogens is 346 g/mol. The van der Waals surface area contributed by atoms with Crippen molar-refractivity contribution in [2.45, 2.75) is 42.1 Å². The molecule has 0 saturated carbocycles. The van der Waals surface area contributed by atoms with Crippen molar-refractivity contribution < 1.29 is 24.6 Å². The Balaban J connectivity index is 1.70. The Bertz CT molecular complexity index is 736. The SMILES string of the molecule is CC1(C)S[C@H]2[C@@H](NC(=O)[C@@H](N)c3ccc(O)cc3)C(=O)N2[C@H]1C(=O)O. The molecule has 134 valence electrons. The van der Waals surface area contributed by atoms with E-state index in [2.05, 4.69) is 5.32 Å². The van der Waals surface area contributed by atoms with Crippen molar-refractivity contribution in [3.8, 4) is 5.75 Å². The molecule has 0 spiro atoms. The quantitative estimate of drug-likeness (QED) is 0.553. The van der Waals surface area contributed by atoms with Gasteiger partial charge < -0.3 is 26.2 Å². The molecule has 2 aliphatic heterocycles. The third-order valence-electron chi connectivity index (χ3n) is 4.51. The van der Waals surface area contributed by atoms with Gasteiger partial charge >= 0.3 is 5.97 Å². The fourth-order valence-corrected chi connectivity index (χ4v) is 4.85. The van der Waals surface area contributed by atoms with Gasteiger partial charge in [0.1, 0.15) is 29.2 Å². The largest absolute Gasteiger partial charge is 0.508 e. The number of nitrogens with one attached hydrogen (secondary N) is 1. The molecule has 1 aromatic rings. The van der Waals surface area contributed by atoms with Crippen molar-refractivity contribution in [1.29, 1.82) is 0 Å². The number of amides is 2. The molecule has 25 heavy (non-hydrogen) atoms. The van der Waals surface area contributed by atoms with Crippen LogP contribution in [0.15, 0.2) is 24.3 Å². The summed E-state index contributed by atoms with van der Waals surface area (Å²) < 4.78 is -0.648. The van der Waals surface area contributed by atoms with E-state index < -0.39 is 46.0 Å². The second-order valence-electron chi connectivity index (χ2n) is 6.65. The van der Waals surface area contributed by atoms with Crippen LogP contribution in [-0.2, 0) is 14.4 Å². The monoisotopic (exact) mass is 365 g/mol. The molecule has 8 nitrogen and oxygen atoms in total. The van der Waals surface area contributed by atoms with Gasteiger partial charge in [0.15, 0.2) is 0 Å². The van der Waals surface area contributed by atoms with Crippen LogP contribution in [0.2, 0.25) is 0 Å². The van der Waals surface area contributed by atoms with Gasteiger partial charge in [0, 0.05) is 4.75 Å². The summed E-state index contributed by atoms with van der Waals surface area (Å²) in [4.78, 5) is 37.5. The normalized spacial score (nSPS) is 28.0. The number of rotatable bonds is 4. The van der Waals surface area contributed by atoms with Crippen molar-refractivity contribution >= 4 is 29.5 Å². The lowest BCUT2D eigenvalue weighted by atomic mass is 9.95. The van der Waals surface area contributed by atoms with Crippen LogP contribution in [0.4, 0.5) is 0 Å². The van der Waals surface area contributed by atoms with Crippen LogP contribution in [-0.4, -0.2) is 55.1 Å². The van der Waals surface area contributed by atoms with E-state index in [1.54, 1.807) is 13.8 Å². The fourth-order valence-electron chi connectivity index (χ4n) is 3.22. The van der Waals surface area contributed by atoms with Gasteiger partial charge in [-0.1, -0.05) is 12.1 Å². The van der Waals surface area contributed by atoms with Crippen LogP contribution >= 0.6 is 11.8 Å². The number of aliphatic carboxylic acids is 1. The van der Waals surface area contributed by atoms with E-state index in [4.69, 9.17) is 5.73 Å². The first-order chi connectivity index (χ1) is 11.6. The molecular formula is C16H19N3O5S. The Labute approximate surface area is 148 Å². The van der Waals surface area contributed by atoms with Crippen LogP contribution in [0.5, 0.6) is 5.75 Å². The lowest BCUT2D eigenvalue weighted by molar-refractivity contribution is -0.161. The summed E-state index contributed by atoms with van der Waals surface area (Å²) in [6, 6.07) is 3.21. The van der Waals surface area contributed by atoms with Crippen molar-refractivity contribution in [2.24, 2.45) is 5.73 Å². The third kappa shape index (κ3) is 2.83. The highest BCUT2D eigenvalue weighted by Crippen LogP contribution is 2.50. The molecule has 2 aliphatic rings. The third-order valence-corrected chi connectivity index (χ3v) is 6.08. The predicted octanol–water partition coefficient (Wildman–Crippen LogP) is 0.0237. The number of carbonyl (C=O) groups excluding carboxylic acids is 2. The van der Waals surface area contributed by atoms with Gasteiger partial charge in [-0.05, 0) is 31.5 Å². The first-order valence-electron chi connectivity index (χ1n) is 7.71. The van der Waals surface area contributed by atoms with Crippen molar-refractivity contribution in [3.05, 3.63) is 29.8 Å². The van der Waals surface area contributed by atoms with Crippen molar-refractivity contribution in [2.75, 3.05) is 0 Å². The number of phenolic OH excluding ortho intramolecular Hbond substituents is 1. The first kappa shape index (κ1) is 17.6. The zero-order valence-electron chi connectivity index (χ0n) is 13.7. The second kappa shape index (κ2) is 5.92. The molecule has 2 heterocycles. The van der Waals surface area contributed by atoms with Crippen LogP contribution in [0.1, 0.15) is 25.5 Å². The van der Waals surface area contributed by atoms with Gasteiger partial charge in [0.25, 0.3) is 0 Å². The molecule has 0 radical (unpaired) electrons. The lowest BCUT2D eigenvalue weighted by Gasteiger charge is -2.43. The highest BCUT2D eigenvalue weighted by atomic mass is 32.2. The van der Waals surface area contributed by atoms with Gasteiger partial charge in [-0.3, -0.25) is 9.59 Å². The molecule has 3 rings (SSSR count). The molecule has 9 heteroatoms. The Morgan fingerprint density at radius 3 is 2.48 bits per heavy atom. The van der Waals surface area contributed by atoms with E-state index in [-0.39, 0.29) is 5.75 Å². The van der Waals surface area contributed by atoms with Crippen molar-refractivity contribution in [3.63, 3.8) is 0 Å². The predicted molar refractivity (Wildman–Crippen MR) is 90.7 cm³/mol. The number of nitrogens with zero attached hydrogens (tertiary/aromatic N) is 1. The number of carbonyl (C=O) groups is 3. The standard InChI is InChI=1S/C16H19N3O5S/c1-16(2)11(15(23)24)19-13(22)10(14(19)25-16)18-12(21)9(17)7-3-5-8(20)6-4-7/h3-6,9-11,14,20H,17H2,1-2H3,(H,18,21)(H,23,24)/t9-,10-,11-,14-/m0/s1. The molecule has 1 aromatic carbocycles. The van der Waals surface area contributed by atoms with Gasteiger partial charge in [-0.25, -0.2) is 4.79 Å². The highest BCUT2D eigenvalue weighted by Gasteiger charge is 2.64. The minimum atomic E-state index is -1.06. The minimum absolute atomic E-state index is 0.0606. The first-order valence-corrected chi connectivity index (χ1v) is 8.59. The van der Waals surface area contributed by atoms with Gasteiger partial charge in [0.05, 0.1) is 0 Å². The smallest absolute Gasteiger partial charge is 0.327 e. The van der Waals surface area contributed by atoms with E-state index in [1.165, 1.54) is 40.9 Å². The number of carboxylic acid groups (broad SMARTS) is 1. The average Bonchev–Trinajstić information content (AvgIpc) is 2.80. The van der Waals surface area contributed by atoms with E-state index in [0.717, 1.165) is 0 Å². The van der Waals surface area contributed by atoms with Crippen molar-refractivity contribution in [1.82, 2.24) is 10.2 Å². The summed E-state index contributed by atoms with van der Waals surface area (Å²) in [5.41, 5.74) is 6.41. The molecule has 2 saturated heterocycles. The molecule has 0 aliphatic carbocycles. The molecule has 0 bridgehead atoms. The maximum atomic E-state index is 12.3. The zero-order valence-corrected chi connectivity index (χ0v) is 14.5. The molecule has 2 amide bonds. The summed E-state index contributed by atoms with van der Waals surface area (Å²) in [5.74, 6) is -1.94. The molecule has 4 atom stereocenters. The number of β-lactam (4-membered cyclic amide) rings is 1. The summed E-state index contributed by atoms with van der Waals surface area (Å²) in [5, 5.41) is 20.9. The summed E-state index contributed by atoms with van der Waals surface area (Å²) >= 11 is 1.35. The van der Waals surface area contributed by atoms with E-state index in [9.17, 15) is 24.6 Å². The Morgan fingerprint density at radius 2 is 1.92 bits per heavy atom. The van der Waals surface area contributed by atoms with Gasteiger partial charge in [-0.15, -0.1) is 11.8 Å². The second-order valence-corrected chi connectivity index (χ2v) is 8.42. The van der Waals surface area contributed by atoms with Crippen LogP contribution < -0.4 is 11.1 Å². The van der Waals surface area contributed by atoms with E-state index in [1.807, 2.05) is 0 Å². The Morgan fingerprint density at radius 1 is 1.32 bits per heavy atom.